The van der Waals surface area contributed by atoms with Crippen molar-refractivity contribution in [3.63, 3.8) is 0 Å². The number of hydrogen-bond donors (Lipinski definition) is 2. The van der Waals surface area contributed by atoms with Crippen LogP contribution in [0, 0.1) is 5.92 Å². The lowest BCUT2D eigenvalue weighted by atomic mass is 9.91. The highest BCUT2D eigenvalue weighted by Crippen LogP contribution is 2.20. The molecule has 2 rings (SSSR count). The van der Waals surface area contributed by atoms with Gasteiger partial charge in [-0.25, -0.2) is 0 Å². The Hall–Kier alpha value is -1.10. The maximum atomic E-state index is 12.2. The van der Waals surface area contributed by atoms with Crippen LogP contribution in [-0.4, -0.2) is 31.7 Å². The number of halogens is 1. The molecule has 0 aliphatic carbocycles. The molecule has 124 valence electrons. The van der Waals surface area contributed by atoms with E-state index in [1.54, 1.807) is 0 Å². The molecular formula is C17H27ClN2O2. The fourth-order valence-electron chi connectivity index (χ4n) is 2.85. The van der Waals surface area contributed by atoms with Crippen molar-refractivity contribution in [3.8, 4) is 0 Å². The van der Waals surface area contributed by atoms with Crippen molar-refractivity contribution in [1.82, 2.24) is 5.32 Å². The fourth-order valence-corrected chi connectivity index (χ4v) is 2.85. The molecule has 1 amide bonds. The zero-order valence-corrected chi connectivity index (χ0v) is 14.0. The summed E-state index contributed by atoms with van der Waals surface area (Å²) in [5.74, 6) is 0.559. The van der Waals surface area contributed by atoms with Gasteiger partial charge >= 0.3 is 0 Å². The van der Waals surface area contributed by atoms with Crippen molar-refractivity contribution in [1.29, 1.82) is 0 Å². The summed E-state index contributed by atoms with van der Waals surface area (Å²) in [6.45, 7) is 4.22. The SMILES string of the molecule is CCC(CNC(=O)C(N)C1CCOCC1)c1ccccc1.Cl. The number of benzene rings is 1. The molecule has 1 fully saturated rings. The summed E-state index contributed by atoms with van der Waals surface area (Å²) in [7, 11) is 0. The van der Waals surface area contributed by atoms with Crippen molar-refractivity contribution < 1.29 is 9.53 Å². The highest BCUT2D eigenvalue weighted by molar-refractivity contribution is 5.85. The number of carbonyl (C=O) groups is 1. The van der Waals surface area contributed by atoms with E-state index in [2.05, 4.69) is 24.4 Å². The molecular weight excluding hydrogens is 300 g/mol. The Balaban J connectivity index is 0.00000242. The minimum atomic E-state index is -0.415. The third-order valence-corrected chi connectivity index (χ3v) is 4.36. The molecule has 4 nitrogen and oxygen atoms in total. The first kappa shape index (κ1) is 18.9. The van der Waals surface area contributed by atoms with Crippen molar-refractivity contribution in [2.75, 3.05) is 19.8 Å². The molecule has 1 aromatic rings. The molecule has 2 atom stereocenters. The molecule has 1 saturated heterocycles. The van der Waals surface area contributed by atoms with Gasteiger partial charge in [0.25, 0.3) is 0 Å². The third-order valence-electron chi connectivity index (χ3n) is 4.36. The predicted molar refractivity (Wildman–Crippen MR) is 91.3 cm³/mol. The van der Waals surface area contributed by atoms with E-state index in [1.165, 1.54) is 5.56 Å². The molecule has 0 saturated carbocycles. The molecule has 0 aromatic heterocycles. The molecule has 1 aliphatic rings. The highest BCUT2D eigenvalue weighted by Gasteiger charge is 2.26. The zero-order chi connectivity index (χ0) is 15.1. The number of carbonyl (C=O) groups excluding carboxylic acids is 1. The molecule has 0 bridgehead atoms. The average Bonchev–Trinajstić information content (AvgIpc) is 2.56. The van der Waals surface area contributed by atoms with Crippen molar-refractivity contribution >= 4 is 18.3 Å². The largest absolute Gasteiger partial charge is 0.381 e. The molecule has 0 spiro atoms. The summed E-state index contributed by atoms with van der Waals surface area (Å²) in [6.07, 6.45) is 2.76. The van der Waals surface area contributed by atoms with Crippen LogP contribution < -0.4 is 11.1 Å². The van der Waals surface area contributed by atoms with Gasteiger partial charge in [0.2, 0.25) is 5.91 Å². The minimum absolute atomic E-state index is 0. The first-order valence-corrected chi connectivity index (χ1v) is 7.88. The van der Waals surface area contributed by atoms with Crippen LogP contribution >= 0.6 is 12.4 Å². The Morgan fingerprint density at radius 3 is 2.55 bits per heavy atom. The molecule has 1 aliphatic heterocycles. The van der Waals surface area contributed by atoms with Crippen LogP contribution in [0.5, 0.6) is 0 Å². The van der Waals surface area contributed by atoms with Crippen LogP contribution in [-0.2, 0) is 9.53 Å². The summed E-state index contributed by atoms with van der Waals surface area (Å²) >= 11 is 0. The van der Waals surface area contributed by atoms with E-state index in [9.17, 15) is 4.79 Å². The number of nitrogens with two attached hydrogens (primary N) is 1. The van der Waals surface area contributed by atoms with Crippen molar-refractivity contribution in [2.24, 2.45) is 11.7 Å². The van der Waals surface area contributed by atoms with E-state index in [1.807, 2.05) is 18.2 Å². The summed E-state index contributed by atoms with van der Waals surface area (Å²) < 4.78 is 5.32. The summed E-state index contributed by atoms with van der Waals surface area (Å²) in [6, 6.07) is 9.89. The standard InChI is InChI=1S/C17H26N2O2.ClH/c1-2-13(14-6-4-3-5-7-14)12-19-17(20)16(18)15-8-10-21-11-9-15;/h3-7,13,15-16H,2,8-12,18H2,1H3,(H,19,20);1H. The van der Waals surface area contributed by atoms with Gasteiger partial charge in [-0.3, -0.25) is 4.79 Å². The van der Waals surface area contributed by atoms with Gasteiger partial charge < -0.3 is 15.8 Å². The Kier molecular flexibility index (Phi) is 8.46. The van der Waals surface area contributed by atoms with Crippen molar-refractivity contribution in [2.45, 2.75) is 38.1 Å². The smallest absolute Gasteiger partial charge is 0.237 e. The number of ether oxygens (including phenoxy) is 1. The van der Waals surface area contributed by atoms with Crippen LogP contribution in [0.3, 0.4) is 0 Å². The summed E-state index contributed by atoms with van der Waals surface area (Å²) in [5, 5.41) is 3.02. The maximum absolute atomic E-state index is 12.2. The van der Waals surface area contributed by atoms with E-state index in [-0.39, 0.29) is 24.2 Å². The third kappa shape index (κ3) is 5.27. The zero-order valence-electron chi connectivity index (χ0n) is 13.2. The maximum Gasteiger partial charge on any atom is 0.237 e. The normalized spacial score (nSPS) is 18.1. The van der Waals surface area contributed by atoms with Gasteiger partial charge in [-0.15, -0.1) is 12.4 Å². The fraction of sp³-hybridized carbons (Fsp3) is 0.588. The number of amides is 1. The second-order valence-electron chi connectivity index (χ2n) is 5.74. The predicted octanol–water partition coefficient (Wildman–Crippen LogP) is 2.47. The van der Waals surface area contributed by atoms with E-state index in [0.29, 0.717) is 25.7 Å². The molecule has 0 radical (unpaired) electrons. The first-order valence-electron chi connectivity index (χ1n) is 7.88. The molecule has 1 heterocycles. The lowest BCUT2D eigenvalue weighted by Crippen LogP contribution is -2.47. The second-order valence-corrected chi connectivity index (χ2v) is 5.74. The first-order chi connectivity index (χ1) is 10.2. The van der Waals surface area contributed by atoms with E-state index >= 15 is 0 Å². The molecule has 5 heteroatoms. The minimum Gasteiger partial charge on any atom is -0.381 e. The van der Waals surface area contributed by atoms with Gasteiger partial charge in [0.05, 0.1) is 6.04 Å². The number of rotatable bonds is 6. The van der Waals surface area contributed by atoms with Crippen LogP contribution in [0.4, 0.5) is 0 Å². The average molecular weight is 327 g/mol. The highest BCUT2D eigenvalue weighted by atomic mass is 35.5. The van der Waals surface area contributed by atoms with Gasteiger partial charge in [-0.05, 0) is 30.7 Å². The number of nitrogens with one attached hydrogen (secondary N) is 1. The van der Waals surface area contributed by atoms with Crippen molar-refractivity contribution in [3.05, 3.63) is 35.9 Å². The van der Waals surface area contributed by atoms with E-state index < -0.39 is 6.04 Å². The topological polar surface area (TPSA) is 64.4 Å². The van der Waals surface area contributed by atoms with E-state index in [4.69, 9.17) is 10.5 Å². The van der Waals surface area contributed by atoms with Crippen LogP contribution in [0.2, 0.25) is 0 Å². The van der Waals surface area contributed by atoms with Crippen LogP contribution in [0.1, 0.15) is 37.7 Å². The number of hydrogen-bond acceptors (Lipinski definition) is 3. The van der Waals surface area contributed by atoms with Gasteiger partial charge in [0, 0.05) is 25.7 Å². The Bertz CT molecular complexity index is 436. The van der Waals surface area contributed by atoms with Gasteiger partial charge in [-0.1, -0.05) is 37.3 Å². The quantitative estimate of drug-likeness (QED) is 0.844. The second kappa shape index (κ2) is 9.82. The van der Waals surface area contributed by atoms with Crippen LogP contribution in [0.25, 0.3) is 0 Å². The van der Waals surface area contributed by atoms with Gasteiger partial charge in [0.1, 0.15) is 0 Å². The molecule has 22 heavy (non-hydrogen) atoms. The summed E-state index contributed by atoms with van der Waals surface area (Å²) in [5.41, 5.74) is 7.35. The molecule has 1 aromatic carbocycles. The lowest BCUT2D eigenvalue weighted by Gasteiger charge is -2.27. The van der Waals surface area contributed by atoms with Crippen LogP contribution in [0.15, 0.2) is 30.3 Å². The Labute approximate surface area is 139 Å². The Morgan fingerprint density at radius 1 is 1.32 bits per heavy atom. The monoisotopic (exact) mass is 326 g/mol. The van der Waals surface area contributed by atoms with Gasteiger partial charge in [0.15, 0.2) is 0 Å². The summed E-state index contributed by atoms with van der Waals surface area (Å²) in [4.78, 5) is 12.2. The van der Waals surface area contributed by atoms with Gasteiger partial charge in [-0.2, -0.15) is 0 Å². The Morgan fingerprint density at radius 2 is 1.95 bits per heavy atom. The van der Waals surface area contributed by atoms with E-state index in [0.717, 1.165) is 19.3 Å². The lowest BCUT2D eigenvalue weighted by molar-refractivity contribution is -0.124. The molecule has 2 unspecified atom stereocenters. The molecule has 3 N–H and O–H groups in total.